The number of hydrogen-bond acceptors (Lipinski definition) is 3. The zero-order valence-corrected chi connectivity index (χ0v) is 15.7. The molecule has 0 unspecified atom stereocenters. The normalized spacial score (nSPS) is 12.4. The molecule has 3 aromatic carbocycles. The molecule has 6 nitrogen and oxygen atoms in total. The number of nitrogens with one attached hydrogen (secondary N) is 2. The second-order valence-corrected chi connectivity index (χ2v) is 6.67. The Labute approximate surface area is 166 Å². The highest BCUT2D eigenvalue weighted by molar-refractivity contribution is 6.30. The van der Waals surface area contributed by atoms with Gasteiger partial charge in [0.1, 0.15) is 5.75 Å². The number of anilines is 3. The average molecular weight is 394 g/mol. The van der Waals surface area contributed by atoms with Crippen molar-refractivity contribution in [3.63, 3.8) is 0 Å². The van der Waals surface area contributed by atoms with E-state index in [9.17, 15) is 9.59 Å². The monoisotopic (exact) mass is 393 g/mol. The standard InChI is InChI=1S/C21H16ClN3O3/c1-25-17-4-2-3-5-19(17)28-18-11-10-15(12-16(18)20(25)26)24-21(27)23-14-8-6-13(22)7-9-14/h2-12H,1H3,(H2,23,24,27). The van der Waals surface area contributed by atoms with E-state index in [-0.39, 0.29) is 5.91 Å². The highest BCUT2D eigenvalue weighted by Gasteiger charge is 2.25. The highest BCUT2D eigenvalue weighted by atomic mass is 35.5. The molecule has 140 valence electrons. The van der Waals surface area contributed by atoms with Crippen LogP contribution in [0.5, 0.6) is 11.5 Å². The van der Waals surface area contributed by atoms with Crippen molar-refractivity contribution in [2.75, 3.05) is 22.6 Å². The van der Waals surface area contributed by atoms with E-state index in [0.717, 1.165) is 0 Å². The molecule has 1 heterocycles. The topological polar surface area (TPSA) is 70.7 Å². The van der Waals surface area contributed by atoms with Crippen molar-refractivity contribution in [2.24, 2.45) is 0 Å². The molecule has 4 rings (SSSR count). The smallest absolute Gasteiger partial charge is 0.323 e. The first-order valence-corrected chi connectivity index (χ1v) is 8.91. The van der Waals surface area contributed by atoms with Gasteiger partial charge in [-0.25, -0.2) is 4.79 Å². The Morgan fingerprint density at radius 3 is 2.39 bits per heavy atom. The third-order valence-corrected chi connectivity index (χ3v) is 4.57. The van der Waals surface area contributed by atoms with Gasteiger partial charge in [-0.05, 0) is 54.6 Å². The molecule has 28 heavy (non-hydrogen) atoms. The Balaban J connectivity index is 1.56. The summed E-state index contributed by atoms with van der Waals surface area (Å²) in [6, 6.07) is 18.6. The van der Waals surface area contributed by atoms with Gasteiger partial charge in [0, 0.05) is 23.4 Å². The molecule has 0 aliphatic carbocycles. The van der Waals surface area contributed by atoms with E-state index >= 15 is 0 Å². The molecule has 0 atom stereocenters. The molecule has 7 heteroatoms. The predicted octanol–water partition coefficient (Wildman–Crippen LogP) is 5.37. The summed E-state index contributed by atoms with van der Waals surface area (Å²) in [7, 11) is 1.69. The summed E-state index contributed by atoms with van der Waals surface area (Å²) in [4.78, 5) is 26.6. The summed E-state index contributed by atoms with van der Waals surface area (Å²) in [5.74, 6) is 0.811. The lowest BCUT2D eigenvalue weighted by Crippen LogP contribution is -2.25. The molecule has 0 bridgehead atoms. The van der Waals surface area contributed by atoms with Crippen LogP contribution in [0.3, 0.4) is 0 Å². The minimum Gasteiger partial charge on any atom is -0.454 e. The van der Waals surface area contributed by atoms with Crippen LogP contribution in [0.15, 0.2) is 66.7 Å². The number of urea groups is 1. The third-order valence-electron chi connectivity index (χ3n) is 4.32. The zero-order chi connectivity index (χ0) is 19.7. The Bertz CT molecular complexity index is 1070. The maximum atomic E-state index is 12.9. The number of carbonyl (C=O) groups excluding carboxylic acids is 2. The molecule has 0 saturated heterocycles. The van der Waals surface area contributed by atoms with Crippen LogP contribution in [0.2, 0.25) is 5.02 Å². The van der Waals surface area contributed by atoms with Crippen LogP contribution in [0.1, 0.15) is 10.4 Å². The summed E-state index contributed by atoms with van der Waals surface area (Å²) in [6.45, 7) is 0. The Kier molecular flexibility index (Phi) is 4.63. The number of fused-ring (bicyclic) bond motifs is 2. The SMILES string of the molecule is CN1C(=O)c2cc(NC(=O)Nc3ccc(Cl)cc3)ccc2Oc2ccccc21. The Morgan fingerprint density at radius 2 is 1.61 bits per heavy atom. The van der Waals surface area contributed by atoms with Crippen molar-refractivity contribution in [1.82, 2.24) is 0 Å². The van der Waals surface area contributed by atoms with E-state index in [2.05, 4.69) is 10.6 Å². The van der Waals surface area contributed by atoms with Crippen LogP contribution in [-0.4, -0.2) is 19.0 Å². The third kappa shape index (κ3) is 3.50. The van der Waals surface area contributed by atoms with Crippen LogP contribution in [-0.2, 0) is 0 Å². The minimum atomic E-state index is -0.430. The molecule has 0 radical (unpaired) electrons. The number of halogens is 1. The first kappa shape index (κ1) is 17.9. The molecule has 0 spiro atoms. The summed E-state index contributed by atoms with van der Waals surface area (Å²) in [5, 5.41) is 6.02. The number of nitrogens with zero attached hydrogens (tertiary/aromatic N) is 1. The molecular weight excluding hydrogens is 378 g/mol. The summed E-state index contributed by atoms with van der Waals surface area (Å²) in [5.41, 5.74) is 2.12. The van der Waals surface area contributed by atoms with Crippen molar-refractivity contribution >= 4 is 40.6 Å². The maximum absolute atomic E-state index is 12.9. The van der Waals surface area contributed by atoms with E-state index in [1.165, 1.54) is 4.90 Å². The number of hydrogen-bond donors (Lipinski definition) is 2. The quantitative estimate of drug-likeness (QED) is 0.615. The van der Waals surface area contributed by atoms with E-state index in [1.54, 1.807) is 55.6 Å². The zero-order valence-electron chi connectivity index (χ0n) is 14.9. The molecular formula is C21H16ClN3O3. The van der Waals surface area contributed by atoms with Gasteiger partial charge in [0.25, 0.3) is 5.91 Å². The predicted molar refractivity (Wildman–Crippen MR) is 110 cm³/mol. The number of para-hydroxylation sites is 2. The second-order valence-electron chi connectivity index (χ2n) is 6.23. The summed E-state index contributed by atoms with van der Waals surface area (Å²) in [6.07, 6.45) is 0. The minimum absolute atomic E-state index is 0.221. The van der Waals surface area contributed by atoms with Crippen LogP contribution < -0.4 is 20.3 Å². The number of amides is 3. The van der Waals surface area contributed by atoms with Crippen molar-refractivity contribution in [2.45, 2.75) is 0 Å². The molecule has 0 aromatic heterocycles. The summed E-state index contributed by atoms with van der Waals surface area (Å²) >= 11 is 5.84. The van der Waals surface area contributed by atoms with Gasteiger partial charge in [-0.2, -0.15) is 0 Å². The fraction of sp³-hybridized carbons (Fsp3) is 0.0476. The van der Waals surface area contributed by atoms with Crippen LogP contribution in [0, 0.1) is 0 Å². The molecule has 1 aliphatic heterocycles. The lowest BCUT2D eigenvalue weighted by atomic mass is 10.1. The van der Waals surface area contributed by atoms with Gasteiger partial charge in [-0.3, -0.25) is 4.79 Å². The van der Waals surface area contributed by atoms with Crippen LogP contribution in [0.25, 0.3) is 0 Å². The Hall–Kier alpha value is -3.51. The molecule has 0 saturated carbocycles. The van der Waals surface area contributed by atoms with Gasteiger partial charge in [0.15, 0.2) is 5.75 Å². The first-order valence-electron chi connectivity index (χ1n) is 8.54. The second kappa shape index (κ2) is 7.25. The van der Waals surface area contributed by atoms with Crippen molar-refractivity contribution in [3.05, 3.63) is 77.3 Å². The molecule has 3 aromatic rings. The van der Waals surface area contributed by atoms with Gasteiger partial charge < -0.3 is 20.3 Å². The first-order chi connectivity index (χ1) is 13.5. The van der Waals surface area contributed by atoms with Crippen LogP contribution in [0.4, 0.5) is 21.9 Å². The van der Waals surface area contributed by atoms with Crippen molar-refractivity contribution in [1.29, 1.82) is 0 Å². The van der Waals surface area contributed by atoms with E-state index < -0.39 is 6.03 Å². The largest absolute Gasteiger partial charge is 0.454 e. The van der Waals surface area contributed by atoms with Gasteiger partial charge in [0.05, 0.1) is 11.3 Å². The molecule has 3 amide bonds. The molecule has 1 aliphatic rings. The summed E-state index contributed by atoms with van der Waals surface area (Å²) < 4.78 is 5.91. The van der Waals surface area contributed by atoms with E-state index in [0.29, 0.717) is 39.1 Å². The molecule has 0 fully saturated rings. The van der Waals surface area contributed by atoms with Gasteiger partial charge in [-0.15, -0.1) is 0 Å². The van der Waals surface area contributed by atoms with Crippen molar-refractivity contribution < 1.29 is 14.3 Å². The number of benzene rings is 3. The fourth-order valence-electron chi connectivity index (χ4n) is 2.92. The number of ether oxygens (including phenoxy) is 1. The number of carbonyl (C=O) groups is 2. The van der Waals surface area contributed by atoms with Gasteiger partial charge in [0.2, 0.25) is 0 Å². The van der Waals surface area contributed by atoms with Gasteiger partial charge >= 0.3 is 6.03 Å². The average Bonchev–Trinajstić information content (AvgIpc) is 2.79. The maximum Gasteiger partial charge on any atom is 0.323 e. The Morgan fingerprint density at radius 1 is 0.929 bits per heavy atom. The fourth-order valence-corrected chi connectivity index (χ4v) is 3.05. The van der Waals surface area contributed by atoms with Crippen LogP contribution >= 0.6 is 11.6 Å². The lowest BCUT2D eigenvalue weighted by Gasteiger charge is -2.16. The number of rotatable bonds is 2. The van der Waals surface area contributed by atoms with E-state index in [1.807, 2.05) is 18.2 Å². The molecule has 2 N–H and O–H groups in total. The van der Waals surface area contributed by atoms with Gasteiger partial charge in [-0.1, -0.05) is 23.7 Å². The highest BCUT2D eigenvalue weighted by Crippen LogP contribution is 2.38. The van der Waals surface area contributed by atoms with Crippen molar-refractivity contribution in [3.8, 4) is 11.5 Å². The van der Waals surface area contributed by atoms with E-state index in [4.69, 9.17) is 16.3 Å². The lowest BCUT2D eigenvalue weighted by molar-refractivity contribution is 0.0993.